The van der Waals surface area contributed by atoms with Gasteiger partial charge in [-0.05, 0) is 49.3 Å². The fourth-order valence-corrected chi connectivity index (χ4v) is 3.43. The molecule has 0 spiro atoms. The molecule has 0 radical (unpaired) electrons. The van der Waals surface area contributed by atoms with Gasteiger partial charge in [-0.1, -0.05) is 0 Å². The van der Waals surface area contributed by atoms with Gasteiger partial charge in [-0.25, -0.2) is 0 Å². The van der Waals surface area contributed by atoms with Crippen molar-refractivity contribution in [2.45, 2.75) is 44.2 Å². The second-order valence-corrected chi connectivity index (χ2v) is 6.36. The van der Waals surface area contributed by atoms with E-state index in [0.717, 1.165) is 42.1 Å². The summed E-state index contributed by atoms with van der Waals surface area (Å²) in [6, 6.07) is 4.29. The minimum Gasteiger partial charge on any atom is -0.397 e. The molecule has 1 saturated carbocycles. The highest BCUT2D eigenvalue weighted by molar-refractivity contribution is 5.95. The van der Waals surface area contributed by atoms with Crippen LogP contribution in [0.2, 0.25) is 0 Å². The Hall–Kier alpha value is -1.75. The molecule has 3 aliphatic rings. The van der Waals surface area contributed by atoms with Crippen LogP contribution in [0.3, 0.4) is 0 Å². The number of aryl methyl sites for hydroxylation is 1. The Kier molecular flexibility index (Phi) is 3.03. The molecule has 0 aromatic heterocycles. The molecule has 1 aromatic carbocycles. The molecule has 5 heteroatoms. The first kappa shape index (κ1) is 13.0. The smallest absolute Gasteiger partial charge is 0.224 e. The number of rotatable bonds is 3. The van der Waals surface area contributed by atoms with Crippen molar-refractivity contribution >= 4 is 23.0 Å². The summed E-state index contributed by atoms with van der Waals surface area (Å²) < 4.78 is 5.86. The van der Waals surface area contributed by atoms with Crippen molar-refractivity contribution in [3.8, 4) is 0 Å². The Morgan fingerprint density at radius 3 is 2.90 bits per heavy atom. The molecule has 2 aliphatic heterocycles. The van der Waals surface area contributed by atoms with Gasteiger partial charge in [0.2, 0.25) is 5.91 Å². The lowest BCUT2D eigenvalue weighted by Crippen LogP contribution is -2.31. The van der Waals surface area contributed by atoms with Crippen molar-refractivity contribution in [1.29, 1.82) is 0 Å². The number of nitrogens with two attached hydrogens (primary N) is 1. The molecule has 2 atom stereocenters. The van der Waals surface area contributed by atoms with E-state index in [-0.39, 0.29) is 5.91 Å². The summed E-state index contributed by atoms with van der Waals surface area (Å²) in [6.07, 6.45) is 5.19. The Labute approximate surface area is 124 Å². The average Bonchev–Trinajstić information content (AvgIpc) is 3.20. The van der Waals surface area contributed by atoms with Crippen LogP contribution in [-0.4, -0.2) is 24.7 Å². The van der Waals surface area contributed by atoms with E-state index in [1.807, 2.05) is 12.1 Å². The van der Waals surface area contributed by atoms with Crippen molar-refractivity contribution < 1.29 is 9.53 Å². The molecular weight excluding hydrogens is 266 g/mol. The van der Waals surface area contributed by atoms with Crippen LogP contribution in [0.25, 0.3) is 0 Å². The maximum atomic E-state index is 11.5. The van der Waals surface area contributed by atoms with E-state index in [9.17, 15) is 4.79 Å². The van der Waals surface area contributed by atoms with Crippen LogP contribution < -0.4 is 16.4 Å². The molecule has 1 amide bonds. The third kappa shape index (κ3) is 2.46. The van der Waals surface area contributed by atoms with Crippen molar-refractivity contribution in [2.75, 3.05) is 23.0 Å². The number of anilines is 3. The lowest BCUT2D eigenvalue weighted by atomic mass is 10.0. The van der Waals surface area contributed by atoms with E-state index < -0.39 is 0 Å². The fourth-order valence-electron chi connectivity index (χ4n) is 3.43. The Balaban J connectivity index is 1.57. The third-order valence-corrected chi connectivity index (χ3v) is 4.73. The zero-order chi connectivity index (χ0) is 14.4. The number of hydrogen-bond acceptors (Lipinski definition) is 4. The standard InChI is InChI=1S/C16H21N3O2/c17-11-7-10-3-4-15(20)19-13(10)8-14(11)18-12-5-6-21-16(12)9-1-2-9/h7-9,12,16,18H,1-6,17H2,(H,19,20). The number of nitrogens with one attached hydrogen (secondary N) is 2. The number of carbonyl (C=O) groups is 1. The van der Waals surface area contributed by atoms with Gasteiger partial charge < -0.3 is 21.1 Å². The summed E-state index contributed by atoms with van der Waals surface area (Å²) in [5.74, 6) is 0.793. The molecule has 5 nitrogen and oxygen atoms in total. The number of ether oxygens (including phenoxy) is 1. The summed E-state index contributed by atoms with van der Waals surface area (Å²) in [4.78, 5) is 11.5. The largest absolute Gasteiger partial charge is 0.397 e. The predicted molar refractivity (Wildman–Crippen MR) is 82.3 cm³/mol. The molecule has 2 fully saturated rings. The van der Waals surface area contributed by atoms with Gasteiger partial charge in [0.1, 0.15) is 0 Å². The SMILES string of the molecule is Nc1cc2c(cc1NC1CCOC1C1CC1)NC(=O)CC2. The van der Waals surface area contributed by atoms with Crippen LogP contribution in [-0.2, 0) is 16.0 Å². The van der Waals surface area contributed by atoms with E-state index in [4.69, 9.17) is 10.5 Å². The minimum absolute atomic E-state index is 0.0817. The molecule has 4 N–H and O–H groups in total. The highest BCUT2D eigenvalue weighted by atomic mass is 16.5. The number of fused-ring (bicyclic) bond motifs is 1. The second kappa shape index (κ2) is 4.91. The molecule has 0 bridgehead atoms. The molecular formula is C16H21N3O2. The van der Waals surface area contributed by atoms with Gasteiger partial charge in [0.25, 0.3) is 0 Å². The summed E-state index contributed by atoms with van der Waals surface area (Å²) >= 11 is 0. The van der Waals surface area contributed by atoms with E-state index in [2.05, 4.69) is 10.6 Å². The zero-order valence-electron chi connectivity index (χ0n) is 12.0. The molecule has 2 heterocycles. The number of benzene rings is 1. The number of amides is 1. The molecule has 1 aliphatic carbocycles. The summed E-state index contributed by atoms with van der Waals surface area (Å²) in [5.41, 5.74) is 9.87. The van der Waals surface area contributed by atoms with Crippen molar-refractivity contribution in [3.05, 3.63) is 17.7 Å². The van der Waals surface area contributed by atoms with Gasteiger partial charge >= 0.3 is 0 Å². The van der Waals surface area contributed by atoms with Gasteiger partial charge in [-0.15, -0.1) is 0 Å². The van der Waals surface area contributed by atoms with Crippen LogP contribution in [0, 0.1) is 5.92 Å². The fraction of sp³-hybridized carbons (Fsp3) is 0.562. The molecule has 21 heavy (non-hydrogen) atoms. The van der Waals surface area contributed by atoms with E-state index in [1.165, 1.54) is 12.8 Å². The van der Waals surface area contributed by atoms with Crippen LogP contribution >= 0.6 is 0 Å². The molecule has 1 saturated heterocycles. The lowest BCUT2D eigenvalue weighted by Gasteiger charge is -2.24. The van der Waals surface area contributed by atoms with Crippen molar-refractivity contribution in [3.63, 3.8) is 0 Å². The molecule has 4 rings (SSSR count). The van der Waals surface area contributed by atoms with Crippen molar-refractivity contribution in [1.82, 2.24) is 0 Å². The maximum absolute atomic E-state index is 11.5. The summed E-state index contributed by atoms with van der Waals surface area (Å²) in [5, 5.41) is 6.48. The Morgan fingerprint density at radius 2 is 2.10 bits per heavy atom. The second-order valence-electron chi connectivity index (χ2n) is 6.36. The van der Waals surface area contributed by atoms with Gasteiger partial charge in [-0.2, -0.15) is 0 Å². The quantitative estimate of drug-likeness (QED) is 0.744. The van der Waals surface area contributed by atoms with Gasteiger partial charge in [0.05, 0.1) is 23.5 Å². The first-order chi connectivity index (χ1) is 10.2. The summed E-state index contributed by atoms with van der Waals surface area (Å²) in [7, 11) is 0. The van der Waals surface area contributed by atoms with Gasteiger partial charge in [-0.3, -0.25) is 4.79 Å². The first-order valence-electron chi connectivity index (χ1n) is 7.81. The summed E-state index contributed by atoms with van der Waals surface area (Å²) in [6.45, 7) is 0.820. The van der Waals surface area contributed by atoms with E-state index >= 15 is 0 Å². The Bertz CT molecular complexity index is 583. The van der Waals surface area contributed by atoms with Gasteiger partial charge in [0.15, 0.2) is 0 Å². The molecule has 112 valence electrons. The van der Waals surface area contributed by atoms with Crippen molar-refractivity contribution in [2.24, 2.45) is 5.92 Å². The van der Waals surface area contributed by atoms with Crippen LogP contribution in [0.1, 0.15) is 31.2 Å². The maximum Gasteiger partial charge on any atom is 0.224 e. The lowest BCUT2D eigenvalue weighted by molar-refractivity contribution is -0.116. The number of hydrogen-bond donors (Lipinski definition) is 3. The van der Waals surface area contributed by atoms with Crippen LogP contribution in [0.4, 0.5) is 17.1 Å². The average molecular weight is 287 g/mol. The van der Waals surface area contributed by atoms with E-state index in [1.54, 1.807) is 0 Å². The topological polar surface area (TPSA) is 76.4 Å². The van der Waals surface area contributed by atoms with Gasteiger partial charge in [0, 0.05) is 18.7 Å². The highest BCUT2D eigenvalue weighted by Crippen LogP contribution is 2.40. The number of carbonyl (C=O) groups excluding carboxylic acids is 1. The zero-order valence-corrected chi connectivity index (χ0v) is 12.0. The molecule has 2 unspecified atom stereocenters. The third-order valence-electron chi connectivity index (χ3n) is 4.73. The first-order valence-corrected chi connectivity index (χ1v) is 7.81. The normalized spacial score (nSPS) is 28.1. The Morgan fingerprint density at radius 1 is 1.24 bits per heavy atom. The minimum atomic E-state index is 0.0817. The predicted octanol–water partition coefficient (Wildman–Crippen LogP) is 2.13. The van der Waals surface area contributed by atoms with Crippen LogP contribution in [0.15, 0.2) is 12.1 Å². The number of nitrogen functional groups attached to an aromatic ring is 1. The van der Waals surface area contributed by atoms with Crippen LogP contribution in [0.5, 0.6) is 0 Å². The molecule has 1 aromatic rings. The van der Waals surface area contributed by atoms with E-state index in [0.29, 0.717) is 24.5 Å². The highest BCUT2D eigenvalue weighted by Gasteiger charge is 2.40. The monoisotopic (exact) mass is 287 g/mol.